The highest BCUT2D eigenvalue weighted by atomic mass is 16.5. The molecule has 0 radical (unpaired) electrons. The second-order valence-electron chi connectivity index (χ2n) is 1.84. The number of rotatable bonds is 4. The van der Waals surface area contributed by atoms with E-state index >= 15 is 0 Å². The summed E-state index contributed by atoms with van der Waals surface area (Å²) in [5.74, 6) is 0. The molecule has 0 bridgehead atoms. The van der Waals surface area contributed by atoms with Crippen LogP contribution < -0.4 is 0 Å². The summed E-state index contributed by atoms with van der Waals surface area (Å²) in [5, 5.41) is 0. The van der Waals surface area contributed by atoms with Crippen LogP contribution in [0.25, 0.3) is 0 Å². The van der Waals surface area contributed by atoms with Gasteiger partial charge in [-0.05, 0) is 12.8 Å². The summed E-state index contributed by atoms with van der Waals surface area (Å²) < 4.78 is 5.00. The molecule has 0 heterocycles. The molecule has 1 atom stereocenters. The van der Waals surface area contributed by atoms with Crippen LogP contribution in [0.2, 0.25) is 0 Å². The van der Waals surface area contributed by atoms with E-state index in [1.54, 1.807) is 7.11 Å². The second-order valence-corrected chi connectivity index (χ2v) is 1.84. The lowest BCUT2D eigenvalue weighted by Gasteiger charge is -2.04. The Kier molecular flexibility index (Phi) is 5.52. The number of ether oxygens (including phenoxy) is 1. The van der Waals surface area contributed by atoms with Crippen LogP contribution in [-0.2, 0) is 4.74 Å². The van der Waals surface area contributed by atoms with Gasteiger partial charge in [-0.25, -0.2) is 0 Å². The van der Waals surface area contributed by atoms with E-state index in [9.17, 15) is 0 Å². The number of nitrogens with zero attached hydrogens (tertiary/aromatic N) is 1. The molecule has 54 valence electrons. The fourth-order valence-corrected chi connectivity index (χ4v) is 0.556. The quantitative estimate of drug-likeness (QED) is 0.531. The fraction of sp³-hybridized carbons (Fsp3) is 0.857. The SMILES string of the molecule is CCC=NC(CC)OC. The number of methoxy groups -OCH3 is 1. The third-order valence-electron chi connectivity index (χ3n) is 1.08. The van der Waals surface area contributed by atoms with Gasteiger partial charge in [-0.15, -0.1) is 0 Å². The van der Waals surface area contributed by atoms with Crippen molar-refractivity contribution in [3.8, 4) is 0 Å². The van der Waals surface area contributed by atoms with Crippen molar-refractivity contribution in [3.05, 3.63) is 0 Å². The summed E-state index contributed by atoms with van der Waals surface area (Å²) in [7, 11) is 1.68. The van der Waals surface area contributed by atoms with Crippen molar-refractivity contribution in [2.24, 2.45) is 4.99 Å². The first-order chi connectivity index (χ1) is 4.35. The van der Waals surface area contributed by atoms with Gasteiger partial charge in [0, 0.05) is 13.3 Å². The number of hydrogen-bond donors (Lipinski definition) is 0. The van der Waals surface area contributed by atoms with Gasteiger partial charge in [0.2, 0.25) is 0 Å². The Labute approximate surface area is 56.9 Å². The van der Waals surface area contributed by atoms with Gasteiger partial charge < -0.3 is 4.74 Å². The highest BCUT2D eigenvalue weighted by Crippen LogP contribution is 1.95. The zero-order chi connectivity index (χ0) is 7.11. The third-order valence-corrected chi connectivity index (χ3v) is 1.08. The first-order valence-corrected chi connectivity index (χ1v) is 3.39. The van der Waals surface area contributed by atoms with Gasteiger partial charge in [0.1, 0.15) is 6.23 Å². The zero-order valence-corrected chi connectivity index (χ0v) is 6.42. The van der Waals surface area contributed by atoms with E-state index in [-0.39, 0.29) is 6.23 Å². The van der Waals surface area contributed by atoms with E-state index in [1.165, 1.54) is 0 Å². The van der Waals surface area contributed by atoms with Gasteiger partial charge in [-0.2, -0.15) is 0 Å². The minimum absolute atomic E-state index is 0.0740. The summed E-state index contributed by atoms with van der Waals surface area (Å²) in [6.45, 7) is 4.12. The minimum atomic E-state index is 0.0740. The summed E-state index contributed by atoms with van der Waals surface area (Å²) in [6, 6.07) is 0. The first-order valence-electron chi connectivity index (χ1n) is 3.39. The van der Waals surface area contributed by atoms with Crippen molar-refractivity contribution in [2.75, 3.05) is 7.11 Å². The summed E-state index contributed by atoms with van der Waals surface area (Å²) in [5.41, 5.74) is 0. The highest BCUT2D eigenvalue weighted by Gasteiger charge is 1.95. The van der Waals surface area contributed by atoms with E-state index < -0.39 is 0 Å². The Morgan fingerprint density at radius 3 is 2.56 bits per heavy atom. The maximum atomic E-state index is 5.00. The smallest absolute Gasteiger partial charge is 0.147 e. The van der Waals surface area contributed by atoms with Crippen LogP contribution in [-0.4, -0.2) is 19.6 Å². The lowest BCUT2D eigenvalue weighted by molar-refractivity contribution is 0.108. The van der Waals surface area contributed by atoms with E-state index in [0.717, 1.165) is 12.8 Å². The molecule has 0 aliphatic heterocycles. The molecule has 0 aliphatic carbocycles. The molecule has 0 amide bonds. The predicted molar refractivity (Wildman–Crippen MR) is 39.9 cm³/mol. The van der Waals surface area contributed by atoms with Crippen LogP contribution in [0.5, 0.6) is 0 Å². The molecule has 0 aromatic heterocycles. The lowest BCUT2D eigenvalue weighted by atomic mass is 10.4. The zero-order valence-electron chi connectivity index (χ0n) is 6.42. The van der Waals surface area contributed by atoms with Gasteiger partial charge in [0.05, 0.1) is 0 Å². The van der Waals surface area contributed by atoms with E-state index in [2.05, 4.69) is 18.8 Å². The molecule has 2 heteroatoms. The van der Waals surface area contributed by atoms with Gasteiger partial charge in [-0.1, -0.05) is 13.8 Å². The fourth-order valence-electron chi connectivity index (χ4n) is 0.556. The minimum Gasteiger partial charge on any atom is -0.360 e. The molecule has 0 spiro atoms. The Morgan fingerprint density at radius 1 is 1.56 bits per heavy atom. The summed E-state index contributed by atoms with van der Waals surface area (Å²) in [4.78, 5) is 4.13. The van der Waals surface area contributed by atoms with Crippen LogP contribution in [0, 0.1) is 0 Å². The number of hydrogen-bond acceptors (Lipinski definition) is 2. The van der Waals surface area contributed by atoms with Gasteiger partial charge in [0.25, 0.3) is 0 Å². The van der Waals surface area contributed by atoms with Gasteiger partial charge in [0.15, 0.2) is 0 Å². The van der Waals surface area contributed by atoms with Crippen LogP contribution in [0.3, 0.4) is 0 Å². The predicted octanol–water partition coefficient (Wildman–Crippen LogP) is 1.85. The molecule has 0 fully saturated rings. The maximum Gasteiger partial charge on any atom is 0.147 e. The first kappa shape index (κ1) is 8.63. The molecule has 0 rings (SSSR count). The highest BCUT2D eigenvalue weighted by molar-refractivity contribution is 5.56. The molecule has 0 aliphatic rings. The van der Waals surface area contributed by atoms with Crippen molar-refractivity contribution in [1.82, 2.24) is 0 Å². The van der Waals surface area contributed by atoms with Crippen molar-refractivity contribution in [2.45, 2.75) is 32.9 Å². The van der Waals surface area contributed by atoms with E-state index in [1.807, 2.05) is 6.21 Å². The molecule has 1 unspecified atom stereocenters. The molecular weight excluding hydrogens is 114 g/mol. The van der Waals surface area contributed by atoms with Crippen molar-refractivity contribution < 1.29 is 4.74 Å². The third kappa shape index (κ3) is 4.15. The summed E-state index contributed by atoms with van der Waals surface area (Å²) in [6.07, 6.45) is 3.90. The average molecular weight is 129 g/mol. The van der Waals surface area contributed by atoms with Crippen molar-refractivity contribution >= 4 is 6.21 Å². The van der Waals surface area contributed by atoms with Gasteiger partial charge in [-0.3, -0.25) is 4.99 Å². The van der Waals surface area contributed by atoms with Gasteiger partial charge >= 0.3 is 0 Å². The molecule has 2 nitrogen and oxygen atoms in total. The second kappa shape index (κ2) is 5.76. The monoisotopic (exact) mass is 129 g/mol. The average Bonchev–Trinajstić information content (AvgIpc) is 1.91. The van der Waals surface area contributed by atoms with Crippen LogP contribution in [0.15, 0.2) is 4.99 Å². The topological polar surface area (TPSA) is 21.6 Å². The van der Waals surface area contributed by atoms with E-state index in [4.69, 9.17) is 4.74 Å². The Morgan fingerprint density at radius 2 is 2.22 bits per heavy atom. The molecule has 0 N–H and O–H groups in total. The molecule has 0 aromatic rings. The molecule has 9 heavy (non-hydrogen) atoms. The normalized spacial score (nSPS) is 14.6. The van der Waals surface area contributed by atoms with Crippen LogP contribution >= 0.6 is 0 Å². The molecule has 0 saturated carbocycles. The Hall–Kier alpha value is -0.370. The number of aliphatic imine (C=N–C) groups is 1. The largest absolute Gasteiger partial charge is 0.360 e. The van der Waals surface area contributed by atoms with Crippen molar-refractivity contribution in [1.29, 1.82) is 0 Å². The lowest BCUT2D eigenvalue weighted by Crippen LogP contribution is -2.04. The Balaban J connectivity index is 3.41. The van der Waals surface area contributed by atoms with Crippen LogP contribution in [0.1, 0.15) is 26.7 Å². The van der Waals surface area contributed by atoms with Crippen LogP contribution in [0.4, 0.5) is 0 Å². The molecular formula is C7H15NO. The molecule has 0 aromatic carbocycles. The van der Waals surface area contributed by atoms with Crippen molar-refractivity contribution in [3.63, 3.8) is 0 Å². The Bertz CT molecular complexity index is 77.0. The van der Waals surface area contributed by atoms with E-state index in [0.29, 0.717) is 0 Å². The standard InChI is InChI=1S/C7H15NO/c1-4-6-8-7(5-2)9-3/h6-7H,4-5H2,1-3H3. The maximum absolute atomic E-state index is 5.00. The molecule has 0 saturated heterocycles. The summed E-state index contributed by atoms with van der Waals surface area (Å²) >= 11 is 0.